The van der Waals surface area contributed by atoms with Crippen molar-refractivity contribution < 1.29 is 9.53 Å². The number of carbonyl (C=O) groups is 1. The molecule has 1 unspecified atom stereocenters. The highest BCUT2D eigenvalue weighted by Crippen LogP contribution is 2.29. The summed E-state index contributed by atoms with van der Waals surface area (Å²) in [6.45, 7) is 1.99. The van der Waals surface area contributed by atoms with Gasteiger partial charge in [0.25, 0.3) is 0 Å². The third kappa shape index (κ3) is 3.45. The molecule has 1 aromatic carbocycles. The molecule has 1 heterocycles. The van der Waals surface area contributed by atoms with Crippen molar-refractivity contribution in [2.75, 3.05) is 12.4 Å². The fourth-order valence-electron chi connectivity index (χ4n) is 1.79. The largest absolute Gasteiger partial charge is 0.465 e. The van der Waals surface area contributed by atoms with Crippen LogP contribution in [0.5, 0.6) is 0 Å². The number of rotatable bonds is 4. The fraction of sp³-hybridized carbons (Fsp3) is 0.214. The van der Waals surface area contributed by atoms with Gasteiger partial charge in [-0.25, -0.2) is 4.79 Å². The van der Waals surface area contributed by atoms with Crippen LogP contribution in [-0.2, 0) is 4.74 Å². The van der Waals surface area contributed by atoms with Crippen LogP contribution in [0.15, 0.2) is 29.6 Å². The SMILES string of the molecule is COC(=O)c1ccc(Cl)cc1NC(C)c1csc(Cl)c1. The minimum Gasteiger partial charge on any atom is -0.465 e. The van der Waals surface area contributed by atoms with E-state index in [0.717, 1.165) is 9.90 Å². The Morgan fingerprint density at radius 2 is 2.10 bits per heavy atom. The summed E-state index contributed by atoms with van der Waals surface area (Å²) in [5.74, 6) is -0.403. The van der Waals surface area contributed by atoms with Crippen molar-refractivity contribution in [3.63, 3.8) is 0 Å². The van der Waals surface area contributed by atoms with Crippen molar-refractivity contribution in [1.29, 1.82) is 0 Å². The van der Waals surface area contributed by atoms with Crippen molar-refractivity contribution in [2.45, 2.75) is 13.0 Å². The van der Waals surface area contributed by atoms with Gasteiger partial charge >= 0.3 is 5.97 Å². The molecule has 2 rings (SSSR count). The van der Waals surface area contributed by atoms with Gasteiger partial charge in [-0.2, -0.15) is 0 Å². The van der Waals surface area contributed by atoms with E-state index in [4.69, 9.17) is 27.9 Å². The quantitative estimate of drug-likeness (QED) is 0.801. The number of halogens is 2. The van der Waals surface area contributed by atoms with Gasteiger partial charge in [-0.1, -0.05) is 23.2 Å². The first-order chi connectivity index (χ1) is 9.51. The lowest BCUT2D eigenvalue weighted by Gasteiger charge is -2.17. The second kappa shape index (κ2) is 6.48. The molecule has 2 aromatic rings. The second-order valence-corrected chi connectivity index (χ2v) is 6.21. The molecule has 1 atom stereocenters. The van der Waals surface area contributed by atoms with Crippen LogP contribution in [0.25, 0.3) is 0 Å². The van der Waals surface area contributed by atoms with Crippen molar-refractivity contribution in [2.24, 2.45) is 0 Å². The molecular formula is C14H13Cl2NO2S. The van der Waals surface area contributed by atoms with Crippen molar-refractivity contribution >= 4 is 46.2 Å². The van der Waals surface area contributed by atoms with Gasteiger partial charge in [-0.3, -0.25) is 0 Å². The average Bonchev–Trinajstić information content (AvgIpc) is 2.85. The Bertz CT molecular complexity index is 627. The van der Waals surface area contributed by atoms with E-state index >= 15 is 0 Å². The lowest BCUT2D eigenvalue weighted by Crippen LogP contribution is -2.11. The Morgan fingerprint density at radius 1 is 1.35 bits per heavy atom. The molecular weight excluding hydrogens is 317 g/mol. The van der Waals surface area contributed by atoms with E-state index in [-0.39, 0.29) is 6.04 Å². The number of ether oxygens (including phenoxy) is 1. The number of carbonyl (C=O) groups excluding carboxylic acids is 1. The molecule has 0 aliphatic rings. The molecule has 0 saturated heterocycles. The summed E-state index contributed by atoms with van der Waals surface area (Å²) in [7, 11) is 1.35. The van der Waals surface area contributed by atoms with Crippen molar-refractivity contribution in [3.05, 3.63) is 50.1 Å². The van der Waals surface area contributed by atoms with Crippen molar-refractivity contribution in [3.8, 4) is 0 Å². The molecule has 3 nitrogen and oxygen atoms in total. The Morgan fingerprint density at radius 3 is 2.70 bits per heavy atom. The minimum atomic E-state index is -0.403. The van der Waals surface area contributed by atoms with Gasteiger partial charge < -0.3 is 10.1 Å². The Kier molecular flexibility index (Phi) is 4.91. The molecule has 0 fully saturated rings. The molecule has 1 N–H and O–H groups in total. The maximum atomic E-state index is 11.7. The van der Waals surface area contributed by atoms with Crippen LogP contribution < -0.4 is 5.32 Å². The summed E-state index contributed by atoms with van der Waals surface area (Å²) in [4.78, 5) is 11.7. The van der Waals surface area contributed by atoms with Crippen LogP contribution in [0, 0.1) is 0 Å². The standard InChI is InChI=1S/C14H13Cl2NO2S/c1-8(9-5-13(16)20-7-9)17-12-6-10(15)3-4-11(12)14(18)19-2/h3-8,17H,1-2H3. The van der Waals surface area contributed by atoms with Gasteiger partial charge in [0, 0.05) is 11.1 Å². The van der Waals surface area contributed by atoms with Gasteiger partial charge in [0.05, 0.1) is 22.7 Å². The molecule has 106 valence electrons. The molecule has 0 radical (unpaired) electrons. The number of hydrogen-bond acceptors (Lipinski definition) is 4. The lowest BCUT2D eigenvalue weighted by atomic mass is 10.1. The molecule has 0 spiro atoms. The number of anilines is 1. The lowest BCUT2D eigenvalue weighted by molar-refractivity contribution is 0.0602. The maximum absolute atomic E-state index is 11.7. The van der Waals surface area contributed by atoms with E-state index in [1.807, 2.05) is 18.4 Å². The molecule has 0 aliphatic carbocycles. The second-order valence-electron chi connectivity index (χ2n) is 4.23. The van der Waals surface area contributed by atoms with Gasteiger partial charge in [0.1, 0.15) is 0 Å². The predicted octanol–water partition coefficient (Wildman–Crippen LogP) is 5.01. The molecule has 6 heteroatoms. The zero-order valence-corrected chi connectivity index (χ0v) is 13.3. The van der Waals surface area contributed by atoms with Gasteiger partial charge in [-0.05, 0) is 42.1 Å². The first kappa shape index (κ1) is 15.2. The number of thiophene rings is 1. The summed E-state index contributed by atoms with van der Waals surface area (Å²) in [5, 5.41) is 5.79. The third-order valence-corrected chi connectivity index (χ3v) is 4.19. The van der Waals surface area contributed by atoms with Crippen LogP contribution in [-0.4, -0.2) is 13.1 Å². The molecule has 0 bridgehead atoms. The van der Waals surface area contributed by atoms with Crippen LogP contribution in [0.4, 0.5) is 5.69 Å². The smallest absolute Gasteiger partial charge is 0.339 e. The van der Waals surface area contributed by atoms with E-state index in [1.54, 1.807) is 18.2 Å². The Hall–Kier alpha value is -1.23. The average molecular weight is 330 g/mol. The molecule has 0 saturated carbocycles. The molecule has 0 amide bonds. The summed E-state index contributed by atoms with van der Waals surface area (Å²) in [6, 6.07) is 6.90. The number of methoxy groups -OCH3 is 1. The van der Waals surface area contributed by atoms with E-state index in [0.29, 0.717) is 16.3 Å². The first-order valence-corrected chi connectivity index (χ1v) is 7.53. The third-order valence-electron chi connectivity index (χ3n) is 2.85. The number of esters is 1. The van der Waals surface area contributed by atoms with Gasteiger partial charge in [0.2, 0.25) is 0 Å². The summed E-state index contributed by atoms with van der Waals surface area (Å²) < 4.78 is 5.50. The topological polar surface area (TPSA) is 38.3 Å². The van der Waals surface area contributed by atoms with E-state index in [1.165, 1.54) is 18.4 Å². The first-order valence-electron chi connectivity index (χ1n) is 5.89. The predicted molar refractivity (Wildman–Crippen MR) is 84.2 cm³/mol. The maximum Gasteiger partial charge on any atom is 0.339 e. The molecule has 1 aromatic heterocycles. The highest BCUT2D eigenvalue weighted by molar-refractivity contribution is 7.14. The van der Waals surface area contributed by atoms with Gasteiger partial charge in [-0.15, -0.1) is 11.3 Å². The van der Waals surface area contributed by atoms with Crippen LogP contribution in [0.1, 0.15) is 28.9 Å². The minimum absolute atomic E-state index is 0.000577. The Labute approximate surface area is 131 Å². The highest BCUT2D eigenvalue weighted by Gasteiger charge is 2.15. The van der Waals surface area contributed by atoms with Gasteiger partial charge in [0.15, 0.2) is 0 Å². The molecule has 0 aliphatic heterocycles. The Balaban J connectivity index is 2.28. The van der Waals surface area contributed by atoms with E-state index < -0.39 is 5.97 Å². The van der Waals surface area contributed by atoms with Crippen LogP contribution in [0.2, 0.25) is 9.36 Å². The van der Waals surface area contributed by atoms with E-state index in [9.17, 15) is 4.79 Å². The van der Waals surface area contributed by atoms with Crippen molar-refractivity contribution in [1.82, 2.24) is 0 Å². The monoisotopic (exact) mass is 329 g/mol. The van der Waals surface area contributed by atoms with E-state index in [2.05, 4.69) is 5.32 Å². The number of benzene rings is 1. The number of nitrogens with one attached hydrogen (secondary N) is 1. The summed E-state index contributed by atoms with van der Waals surface area (Å²) >= 11 is 13.4. The normalized spacial score (nSPS) is 12.0. The summed E-state index contributed by atoms with van der Waals surface area (Å²) in [5.41, 5.74) is 2.14. The highest BCUT2D eigenvalue weighted by atomic mass is 35.5. The summed E-state index contributed by atoms with van der Waals surface area (Å²) in [6.07, 6.45) is 0. The zero-order valence-electron chi connectivity index (χ0n) is 10.9. The fourth-order valence-corrected chi connectivity index (χ4v) is 2.95. The van der Waals surface area contributed by atoms with Crippen LogP contribution >= 0.6 is 34.5 Å². The number of hydrogen-bond donors (Lipinski definition) is 1. The van der Waals surface area contributed by atoms with Crippen LogP contribution in [0.3, 0.4) is 0 Å². The molecule has 20 heavy (non-hydrogen) atoms. The zero-order chi connectivity index (χ0) is 14.7.